The van der Waals surface area contributed by atoms with Gasteiger partial charge in [-0.15, -0.1) is 11.3 Å². The summed E-state index contributed by atoms with van der Waals surface area (Å²) in [6.07, 6.45) is 4.71. The van der Waals surface area contributed by atoms with E-state index in [9.17, 15) is 4.79 Å². The van der Waals surface area contributed by atoms with E-state index in [1.54, 1.807) is 7.11 Å². The SMILES string of the molecule is COc1ccc(-c2csc(NSC(=O)N3CCN(c4nc(N5CCCC5)nc(N5CCCC5)n4)CC3)n2)cc1. The fourth-order valence-electron chi connectivity index (χ4n) is 5.06. The maximum absolute atomic E-state index is 12.9. The number of thiazole rings is 1. The number of carbonyl (C=O) groups is 1. The van der Waals surface area contributed by atoms with Gasteiger partial charge in [0.1, 0.15) is 5.75 Å². The van der Waals surface area contributed by atoms with Gasteiger partial charge in [0.05, 0.1) is 12.8 Å². The molecular formula is C26H33N9O2S2. The first-order chi connectivity index (χ1) is 19.2. The molecule has 2 aromatic heterocycles. The van der Waals surface area contributed by atoms with Gasteiger partial charge in [-0.2, -0.15) is 15.0 Å². The summed E-state index contributed by atoms with van der Waals surface area (Å²) in [5.41, 5.74) is 1.87. The normalized spacial score (nSPS) is 17.7. The highest BCUT2D eigenvalue weighted by Gasteiger charge is 2.27. The summed E-state index contributed by atoms with van der Waals surface area (Å²) in [6, 6.07) is 7.78. The van der Waals surface area contributed by atoms with E-state index in [0.717, 1.165) is 73.0 Å². The summed E-state index contributed by atoms with van der Waals surface area (Å²) in [7, 11) is 1.65. The topological polar surface area (TPSA) is 103 Å². The zero-order chi connectivity index (χ0) is 26.6. The second-order valence-electron chi connectivity index (χ2n) is 9.83. The molecule has 3 saturated heterocycles. The van der Waals surface area contributed by atoms with Crippen LogP contribution in [0.5, 0.6) is 5.75 Å². The molecule has 3 aliphatic heterocycles. The molecule has 6 rings (SSSR count). The minimum absolute atomic E-state index is 0.0120. The maximum Gasteiger partial charge on any atom is 0.302 e. The molecule has 39 heavy (non-hydrogen) atoms. The van der Waals surface area contributed by atoms with Crippen molar-refractivity contribution in [2.45, 2.75) is 25.7 Å². The number of hydrogen-bond donors (Lipinski definition) is 1. The standard InChI is InChI=1S/C26H33N9O2S2/c1-37-20-8-6-19(7-9-20)21-18-38-25(27-21)31-39-26(36)35-16-14-34(15-17-35)24-29-22(32-10-2-3-11-32)28-23(30-24)33-12-4-5-13-33/h6-9,18H,2-5,10-17H2,1H3,(H,27,31). The predicted molar refractivity (Wildman–Crippen MR) is 157 cm³/mol. The third-order valence-electron chi connectivity index (χ3n) is 7.31. The largest absolute Gasteiger partial charge is 0.497 e. The lowest BCUT2D eigenvalue weighted by molar-refractivity contribution is 0.219. The second kappa shape index (κ2) is 11.8. The zero-order valence-corrected chi connectivity index (χ0v) is 23.7. The van der Waals surface area contributed by atoms with Crippen LogP contribution >= 0.6 is 23.3 Å². The summed E-state index contributed by atoms with van der Waals surface area (Å²) in [6.45, 7) is 6.60. The summed E-state index contributed by atoms with van der Waals surface area (Å²) in [4.78, 5) is 40.7. The molecule has 3 aromatic rings. The van der Waals surface area contributed by atoms with Gasteiger partial charge >= 0.3 is 5.24 Å². The van der Waals surface area contributed by atoms with Crippen molar-refractivity contribution in [2.75, 3.05) is 78.9 Å². The number of nitrogens with zero attached hydrogens (tertiary/aromatic N) is 8. The van der Waals surface area contributed by atoms with Gasteiger partial charge in [-0.25, -0.2) is 4.98 Å². The Balaban J connectivity index is 1.05. The van der Waals surface area contributed by atoms with Crippen molar-refractivity contribution in [3.05, 3.63) is 29.6 Å². The Morgan fingerprint density at radius 3 is 1.87 bits per heavy atom. The van der Waals surface area contributed by atoms with Crippen molar-refractivity contribution < 1.29 is 9.53 Å². The molecule has 1 aromatic carbocycles. The molecule has 3 fully saturated rings. The highest BCUT2D eigenvalue weighted by atomic mass is 32.2. The molecule has 0 aliphatic carbocycles. The molecule has 0 atom stereocenters. The Hall–Kier alpha value is -3.32. The van der Waals surface area contributed by atoms with E-state index in [-0.39, 0.29) is 5.24 Å². The van der Waals surface area contributed by atoms with Gasteiger partial charge in [-0.05, 0) is 49.9 Å². The molecule has 0 radical (unpaired) electrons. The number of rotatable bonds is 7. The van der Waals surface area contributed by atoms with Gasteiger partial charge in [0.2, 0.25) is 17.8 Å². The molecule has 206 valence electrons. The molecule has 0 bridgehead atoms. The van der Waals surface area contributed by atoms with E-state index in [2.05, 4.69) is 24.4 Å². The van der Waals surface area contributed by atoms with Crippen molar-refractivity contribution in [3.63, 3.8) is 0 Å². The number of nitrogens with one attached hydrogen (secondary N) is 1. The molecule has 0 unspecified atom stereocenters. The van der Waals surface area contributed by atoms with Crippen molar-refractivity contribution in [1.29, 1.82) is 0 Å². The van der Waals surface area contributed by atoms with Gasteiger partial charge in [-0.3, -0.25) is 9.52 Å². The van der Waals surface area contributed by atoms with Gasteiger partial charge in [0, 0.05) is 75.2 Å². The Bertz CT molecular complexity index is 1230. The molecular weight excluding hydrogens is 534 g/mol. The van der Waals surface area contributed by atoms with Crippen LogP contribution in [0.4, 0.5) is 27.8 Å². The highest BCUT2D eigenvalue weighted by molar-refractivity contribution is 8.14. The molecule has 11 nitrogen and oxygen atoms in total. The third kappa shape index (κ3) is 5.98. The van der Waals surface area contributed by atoms with Crippen LogP contribution in [0.25, 0.3) is 11.3 Å². The second-order valence-corrected chi connectivity index (χ2v) is 11.4. The number of anilines is 4. The van der Waals surface area contributed by atoms with Crippen LogP contribution < -0.4 is 24.2 Å². The van der Waals surface area contributed by atoms with Crippen LogP contribution in [0.2, 0.25) is 0 Å². The molecule has 0 spiro atoms. The molecule has 1 amide bonds. The number of benzene rings is 1. The summed E-state index contributed by atoms with van der Waals surface area (Å²) in [5, 5.41) is 2.67. The number of aromatic nitrogens is 4. The van der Waals surface area contributed by atoms with Crippen LogP contribution in [-0.4, -0.2) is 89.5 Å². The average Bonchev–Trinajstić information content (AvgIpc) is 3.79. The minimum atomic E-state index is -0.0120. The van der Waals surface area contributed by atoms with Crippen LogP contribution in [0.3, 0.4) is 0 Å². The van der Waals surface area contributed by atoms with Crippen LogP contribution in [0, 0.1) is 0 Å². The smallest absolute Gasteiger partial charge is 0.302 e. The van der Waals surface area contributed by atoms with E-state index >= 15 is 0 Å². The number of carbonyl (C=O) groups excluding carboxylic acids is 1. The fourth-order valence-corrected chi connectivity index (χ4v) is 6.47. The quantitative estimate of drug-likeness (QED) is 0.416. The van der Waals surface area contributed by atoms with Crippen LogP contribution in [0.15, 0.2) is 29.6 Å². The lowest BCUT2D eigenvalue weighted by Gasteiger charge is -2.35. The van der Waals surface area contributed by atoms with E-state index in [0.29, 0.717) is 31.3 Å². The van der Waals surface area contributed by atoms with Gasteiger partial charge in [0.25, 0.3) is 0 Å². The molecule has 3 aliphatic rings. The van der Waals surface area contributed by atoms with E-state index in [4.69, 9.17) is 19.7 Å². The Morgan fingerprint density at radius 2 is 1.33 bits per heavy atom. The third-order valence-corrected chi connectivity index (χ3v) is 8.93. The summed E-state index contributed by atoms with van der Waals surface area (Å²) >= 11 is 2.56. The lowest BCUT2D eigenvalue weighted by atomic mass is 10.2. The first kappa shape index (κ1) is 25.9. The van der Waals surface area contributed by atoms with Crippen molar-refractivity contribution in [3.8, 4) is 17.0 Å². The summed E-state index contributed by atoms with van der Waals surface area (Å²) in [5.74, 6) is 3.11. The molecule has 1 N–H and O–H groups in total. The predicted octanol–water partition coefficient (Wildman–Crippen LogP) is 4.21. The fraction of sp³-hybridized carbons (Fsp3) is 0.500. The maximum atomic E-state index is 12.9. The van der Waals surface area contributed by atoms with Crippen LogP contribution in [-0.2, 0) is 0 Å². The Kier molecular flexibility index (Phi) is 7.86. The van der Waals surface area contributed by atoms with Crippen molar-refractivity contribution in [1.82, 2.24) is 24.8 Å². The monoisotopic (exact) mass is 567 g/mol. The van der Waals surface area contributed by atoms with Gasteiger partial charge < -0.3 is 24.3 Å². The number of hydrogen-bond acceptors (Lipinski definition) is 12. The van der Waals surface area contributed by atoms with Crippen LogP contribution in [0.1, 0.15) is 25.7 Å². The molecule has 0 saturated carbocycles. The number of ether oxygens (including phenoxy) is 1. The van der Waals surface area contributed by atoms with E-state index in [1.165, 1.54) is 37.0 Å². The first-order valence-electron chi connectivity index (χ1n) is 13.5. The Morgan fingerprint density at radius 1 is 0.795 bits per heavy atom. The average molecular weight is 568 g/mol. The van der Waals surface area contributed by atoms with E-state index < -0.39 is 0 Å². The van der Waals surface area contributed by atoms with Crippen molar-refractivity contribution in [2.24, 2.45) is 0 Å². The molecule has 5 heterocycles. The number of methoxy groups -OCH3 is 1. The van der Waals surface area contributed by atoms with Gasteiger partial charge in [-0.1, -0.05) is 0 Å². The first-order valence-corrected chi connectivity index (χ1v) is 15.2. The number of piperazine rings is 1. The number of amides is 1. The minimum Gasteiger partial charge on any atom is -0.497 e. The highest BCUT2D eigenvalue weighted by Crippen LogP contribution is 2.29. The van der Waals surface area contributed by atoms with E-state index in [1.807, 2.05) is 34.5 Å². The van der Waals surface area contributed by atoms with Gasteiger partial charge in [0.15, 0.2) is 5.13 Å². The zero-order valence-electron chi connectivity index (χ0n) is 22.1. The Labute approximate surface area is 236 Å². The van der Waals surface area contributed by atoms with Crippen molar-refractivity contribution >= 4 is 51.5 Å². The summed E-state index contributed by atoms with van der Waals surface area (Å²) < 4.78 is 8.35. The lowest BCUT2D eigenvalue weighted by Crippen LogP contribution is -2.48. The molecule has 13 heteroatoms.